The summed E-state index contributed by atoms with van der Waals surface area (Å²) in [4.78, 5) is 12.7. The maximum Gasteiger partial charge on any atom is 0.234 e. The van der Waals surface area contributed by atoms with Gasteiger partial charge in [-0.1, -0.05) is 6.07 Å². The molecule has 0 bridgehead atoms. The molecule has 0 aromatic heterocycles. The number of rotatable bonds is 3. The van der Waals surface area contributed by atoms with Gasteiger partial charge in [-0.25, -0.2) is 8.78 Å². The lowest BCUT2D eigenvalue weighted by molar-refractivity contribution is -0.122. The third kappa shape index (κ3) is 2.88. The number of benzene rings is 1. The molecule has 100 valence electrons. The van der Waals surface area contributed by atoms with E-state index in [1.165, 1.54) is 17.0 Å². The van der Waals surface area contributed by atoms with E-state index in [1.54, 1.807) is 0 Å². The maximum atomic E-state index is 13.7. The third-order valence-corrected chi connectivity index (χ3v) is 3.24. The third-order valence-electron chi connectivity index (χ3n) is 3.24. The van der Waals surface area contributed by atoms with Crippen LogP contribution in [0.1, 0.15) is 17.5 Å². The first-order valence-electron chi connectivity index (χ1n) is 5.87. The molecule has 0 radical (unpaired) electrons. The van der Waals surface area contributed by atoms with E-state index in [2.05, 4.69) is 0 Å². The van der Waals surface area contributed by atoms with Gasteiger partial charge in [0.2, 0.25) is 5.91 Å². The van der Waals surface area contributed by atoms with E-state index in [0.717, 1.165) is 6.07 Å². The molecule has 0 saturated carbocycles. The molecule has 1 aromatic carbocycles. The van der Waals surface area contributed by atoms with E-state index >= 15 is 0 Å². The molecule has 19 heavy (non-hydrogen) atoms. The minimum Gasteiger partial charge on any atom is -0.368 e. The minimum atomic E-state index is -1.13. The predicted octanol–water partition coefficient (Wildman–Crippen LogP) is 1.10. The van der Waals surface area contributed by atoms with E-state index in [-0.39, 0.29) is 25.1 Å². The van der Waals surface area contributed by atoms with E-state index in [9.17, 15) is 13.6 Å². The highest BCUT2D eigenvalue weighted by Crippen LogP contribution is 2.23. The number of likely N-dealkylation sites (tertiary alicyclic amines) is 1. The van der Waals surface area contributed by atoms with Crippen LogP contribution >= 0.6 is 0 Å². The maximum absolute atomic E-state index is 13.7. The van der Waals surface area contributed by atoms with Crippen LogP contribution in [0.3, 0.4) is 0 Å². The Bertz CT molecular complexity index is 541. The highest BCUT2D eigenvalue weighted by atomic mass is 19.1. The summed E-state index contributed by atoms with van der Waals surface area (Å²) in [5.74, 6) is -1.14. The summed E-state index contributed by atoms with van der Waals surface area (Å²) < 4.78 is 27.0. The molecule has 2 N–H and O–H groups in total. The van der Waals surface area contributed by atoms with Crippen molar-refractivity contribution in [2.45, 2.75) is 25.2 Å². The lowest BCUT2D eigenvalue weighted by atomic mass is 10.1. The van der Waals surface area contributed by atoms with Gasteiger partial charge in [-0.05, 0) is 12.1 Å². The number of nitriles is 1. The van der Waals surface area contributed by atoms with Gasteiger partial charge < -0.3 is 5.73 Å². The molecule has 1 aliphatic heterocycles. The van der Waals surface area contributed by atoms with Crippen molar-refractivity contribution in [1.29, 1.82) is 5.26 Å². The van der Waals surface area contributed by atoms with Gasteiger partial charge >= 0.3 is 0 Å². The second-order valence-corrected chi connectivity index (χ2v) is 4.60. The smallest absolute Gasteiger partial charge is 0.234 e. The number of nitrogens with zero attached hydrogens (tertiary/aromatic N) is 2. The van der Waals surface area contributed by atoms with Gasteiger partial charge in [0.25, 0.3) is 0 Å². The summed E-state index contributed by atoms with van der Waals surface area (Å²) in [6.07, 6.45) is -1.08. The van der Waals surface area contributed by atoms with Crippen molar-refractivity contribution in [3.05, 3.63) is 35.1 Å². The van der Waals surface area contributed by atoms with Crippen LogP contribution in [0.25, 0.3) is 0 Å². The van der Waals surface area contributed by atoms with Crippen molar-refractivity contribution >= 4 is 5.91 Å². The number of alkyl halides is 1. The average Bonchev–Trinajstić information content (AvgIpc) is 2.73. The molecule has 1 aliphatic rings. The van der Waals surface area contributed by atoms with Gasteiger partial charge in [0, 0.05) is 25.1 Å². The Balaban J connectivity index is 2.17. The van der Waals surface area contributed by atoms with E-state index < -0.39 is 23.9 Å². The van der Waals surface area contributed by atoms with Crippen molar-refractivity contribution in [3.8, 4) is 6.07 Å². The molecule has 0 spiro atoms. The standard InChI is InChI=1S/C13H13F2N3O/c14-10-4-12(13(17)19)18(7-10)6-9-2-1-8(5-16)3-11(9)15/h1-3,10,12H,4,6-7H2,(H2,17,19)/t10-,12+/m1/s1. The van der Waals surface area contributed by atoms with E-state index in [1.807, 2.05) is 6.07 Å². The Hall–Kier alpha value is -2.00. The second-order valence-electron chi connectivity index (χ2n) is 4.60. The first-order valence-corrected chi connectivity index (χ1v) is 5.87. The lowest BCUT2D eigenvalue weighted by Crippen LogP contribution is -2.39. The molecule has 1 aromatic rings. The molecule has 1 amide bonds. The van der Waals surface area contributed by atoms with Crippen LogP contribution in [0.2, 0.25) is 0 Å². The average molecular weight is 265 g/mol. The summed E-state index contributed by atoms with van der Waals surface area (Å²) in [6.45, 7) is 0.165. The molecule has 0 unspecified atom stereocenters. The molecule has 1 heterocycles. The zero-order valence-electron chi connectivity index (χ0n) is 10.1. The van der Waals surface area contributed by atoms with Crippen LogP contribution in [0, 0.1) is 17.1 Å². The number of primary amides is 1. The van der Waals surface area contributed by atoms with Crippen molar-refractivity contribution in [3.63, 3.8) is 0 Å². The fourth-order valence-corrected chi connectivity index (χ4v) is 2.28. The number of carbonyl (C=O) groups excluding carboxylic acids is 1. The van der Waals surface area contributed by atoms with Crippen LogP contribution in [-0.4, -0.2) is 29.6 Å². The Labute approximate surface area is 109 Å². The van der Waals surface area contributed by atoms with E-state index in [0.29, 0.717) is 5.56 Å². The van der Waals surface area contributed by atoms with E-state index in [4.69, 9.17) is 11.0 Å². The first-order chi connectivity index (χ1) is 9.01. The molecular formula is C13H13F2N3O. The fraction of sp³-hybridized carbons (Fsp3) is 0.385. The Morgan fingerprint density at radius 1 is 1.58 bits per heavy atom. The van der Waals surface area contributed by atoms with Crippen LogP contribution in [0.4, 0.5) is 8.78 Å². The Morgan fingerprint density at radius 3 is 2.89 bits per heavy atom. The number of carbonyl (C=O) groups is 1. The highest BCUT2D eigenvalue weighted by molar-refractivity contribution is 5.80. The molecule has 6 heteroatoms. The minimum absolute atomic E-state index is 0.0488. The summed E-state index contributed by atoms with van der Waals surface area (Å²) in [5.41, 5.74) is 5.74. The Morgan fingerprint density at radius 2 is 2.32 bits per heavy atom. The summed E-state index contributed by atoms with van der Waals surface area (Å²) >= 11 is 0. The molecular weight excluding hydrogens is 252 g/mol. The van der Waals surface area contributed by atoms with Gasteiger partial charge in [-0.3, -0.25) is 9.69 Å². The largest absolute Gasteiger partial charge is 0.368 e. The molecule has 4 nitrogen and oxygen atoms in total. The zero-order valence-corrected chi connectivity index (χ0v) is 10.1. The predicted molar refractivity (Wildman–Crippen MR) is 64.0 cm³/mol. The quantitative estimate of drug-likeness (QED) is 0.889. The summed E-state index contributed by atoms with van der Waals surface area (Å²) in [7, 11) is 0. The molecule has 2 rings (SSSR count). The van der Waals surface area contributed by atoms with Gasteiger partial charge in [0.1, 0.15) is 12.0 Å². The SMILES string of the molecule is N#Cc1ccc(CN2C[C@H](F)C[C@H]2C(N)=O)c(F)c1. The van der Waals surface area contributed by atoms with Crippen LogP contribution in [0.15, 0.2) is 18.2 Å². The molecule has 2 atom stereocenters. The normalized spacial score (nSPS) is 23.2. The van der Waals surface area contributed by atoms with Crippen molar-refractivity contribution in [2.24, 2.45) is 5.73 Å². The second kappa shape index (κ2) is 5.33. The molecule has 0 aliphatic carbocycles. The number of halogens is 2. The van der Waals surface area contributed by atoms with Crippen LogP contribution in [-0.2, 0) is 11.3 Å². The van der Waals surface area contributed by atoms with Crippen molar-refractivity contribution in [2.75, 3.05) is 6.54 Å². The monoisotopic (exact) mass is 265 g/mol. The molecule has 1 saturated heterocycles. The van der Waals surface area contributed by atoms with Crippen molar-refractivity contribution < 1.29 is 13.6 Å². The van der Waals surface area contributed by atoms with Gasteiger partial charge in [-0.2, -0.15) is 5.26 Å². The summed E-state index contributed by atoms with van der Waals surface area (Å²) in [5, 5.41) is 8.65. The number of nitrogens with two attached hydrogens (primary N) is 1. The van der Waals surface area contributed by atoms with Gasteiger partial charge in [0.05, 0.1) is 17.7 Å². The van der Waals surface area contributed by atoms with Crippen molar-refractivity contribution in [1.82, 2.24) is 4.90 Å². The van der Waals surface area contributed by atoms with Gasteiger partial charge in [0.15, 0.2) is 0 Å². The highest BCUT2D eigenvalue weighted by Gasteiger charge is 2.35. The number of amides is 1. The number of hydrogen-bond acceptors (Lipinski definition) is 3. The molecule has 1 fully saturated rings. The Kier molecular flexibility index (Phi) is 3.76. The zero-order chi connectivity index (χ0) is 14.0. The number of hydrogen-bond donors (Lipinski definition) is 1. The lowest BCUT2D eigenvalue weighted by Gasteiger charge is -2.21. The fourth-order valence-electron chi connectivity index (χ4n) is 2.28. The van der Waals surface area contributed by atoms with Gasteiger partial charge in [-0.15, -0.1) is 0 Å². The van der Waals surface area contributed by atoms with Crippen LogP contribution < -0.4 is 5.73 Å². The van der Waals surface area contributed by atoms with Crippen LogP contribution in [0.5, 0.6) is 0 Å². The first kappa shape index (κ1) is 13.4. The summed E-state index contributed by atoms with van der Waals surface area (Å²) in [6, 6.07) is 5.21. The topological polar surface area (TPSA) is 70.1 Å².